The fraction of sp³-hybridized carbons (Fsp3) is 0.923. The van der Waals surface area contributed by atoms with Crippen LogP contribution in [0.4, 0.5) is 0 Å². The van der Waals surface area contributed by atoms with Gasteiger partial charge in [0, 0.05) is 19.6 Å². The fourth-order valence-electron chi connectivity index (χ4n) is 2.94. The lowest BCUT2D eigenvalue weighted by atomic mass is 9.92. The van der Waals surface area contributed by atoms with E-state index in [9.17, 15) is 4.79 Å². The highest BCUT2D eigenvalue weighted by atomic mass is 16.5. The number of piperidine rings is 1. The maximum absolute atomic E-state index is 10.6. The normalized spacial score (nSPS) is 28.1. The number of rotatable bonds is 4. The highest BCUT2D eigenvalue weighted by Gasteiger charge is 2.24. The first-order valence-electron chi connectivity index (χ1n) is 6.76. The predicted octanol–water partition coefficient (Wildman–Crippen LogP) is 1.60. The van der Waals surface area contributed by atoms with Gasteiger partial charge in [-0.1, -0.05) is 0 Å². The summed E-state index contributed by atoms with van der Waals surface area (Å²) >= 11 is 0. The van der Waals surface area contributed by atoms with Crippen LogP contribution >= 0.6 is 0 Å². The van der Waals surface area contributed by atoms with Gasteiger partial charge in [0.25, 0.3) is 0 Å². The number of carbonyl (C=O) groups is 1. The molecule has 2 aliphatic rings. The van der Waals surface area contributed by atoms with Crippen molar-refractivity contribution in [3.63, 3.8) is 0 Å². The van der Waals surface area contributed by atoms with Crippen molar-refractivity contribution >= 4 is 5.97 Å². The summed E-state index contributed by atoms with van der Waals surface area (Å²) in [5.41, 5.74) is 0. The molecule has 0 saturated carbocycles. The van der Waals surface area contributed by atoms with Crippen LogP contribution in [0.25, 0.3) is 0 Å². The number of nitrogens with zero attached hydrogens (tertiary/aromatic N) is 1. The second-order valence-corrected chi connectivity index (χ2v) is 5.43. The van der Waals surface area contributed by atoms with Crippen LogP contribution in [0.1, 0.15) is 32.1 Å². The molecule has 2 rings (SSSR count). The van der Waals surface area contributed by atoms with E-state index in [1.54, 1.807) is 0 Å². The number of carboxylic acid groups (broad SMARTS) is 1. The summed E-state index contributed by atoms with van der Waals surface area (Å²) in [5, 5.41) is 8.76. The van der Waals surface area contributed by atoms with Crippen molar-refractivity contribution in [3.8, 4) is 0 Å². The zero-order valence-electron chi connectivity index (χ0n) is 10.4. The molecular formula is C13H23NO3. The molecule has 0 bridgehead atoms. The number of carboxylic acids is 1. The Balaban J connectivity index is 1.66. The summed E-state index contributed by atoms with van der Waals surface area (Å²) < 4.78 is 5.49. The molecule has 98 valence electrons. The molecular weight excluding hydrogens is 218 g/mol. The van der Waals surface area contributed by atoms with Crippen LogP contribution in [0.3, 0.4) is 0 Å². The van der Waals surface area contributed by atoms with Crippen LogP contribution in [0, 0.1) is 11.8 Å². The molecule has 1 N–H and O–H groups in total. The smallest absolute Gasteiger partial charge is 0.303 e. The second-order valence-electron chi connectivity index (χ2n) is 5.43. The molecule has 0 amide bonds. The molecule has 2 aliphatic heterocycles. The number of aliphatic carboxylic acids is 1. The third-order valence-electron chi connectivity index (χ3n) is 3.94. The van der Waals surface area contributed by atoms with Gasteiger partial charge in [-0.3, -0.25) is 4.79 Å². The molecule has 4 nitrogen and oxygen atoms in total. The van der Waals surface area contributed by atoms with Crippen LogP contribution in [-0.4, -0.2) is 48.8 Å². The van der Waals surface area contributed by atoms with Crippen LogP contribution in [0.2, 0.25) is 0 Å². The van der Waals surface area contributed by atoms with Gasteiger partial charge in [-0.2, -0.15) is 0 Å². The molecule has 1 atom stereocenters. The average Bonchev–Trinajstić information content (AvgIpc) is 2.32. The Morgan fingerprint density at radius 1 is 1.24 bits per heavy atom. The molecule has 0 aromatic rings. The Kier molecular flexibility index (Phi) is 4.80. The van der Waals surface area contributed by atoms with Crippen molar-refractivity contribution in [2.75, 3.05) is 32.8 Å². The molecule has 17 heavy (non-hydrogen) atoms. The summed E-state index contributed by atoms with van der Waals surface area (Å²) in [4.78, 5) is 13.1. The second kappa shape index (κ2) is 6.36. The third kappa shape index (κ3) is 4.28. The van der Waals surface area contributed by atoms with E-state index in [0.717, 1.165) is 45.7 Å². The first kappa shape index (κ1) is 12.8. The molecule has 0 aromatic heterocycles. The fourth-order valence-corrected chi connectivity index (χ4v) is 2.94. The SMILES string of the molecule is O=C(O)CC1CCN(CC2CCCOC2)CC1. The van der Waals surface area contributed by atoms with E-state index in [1.165, 1.54) is 12.8 Å². The van der Waals surface area contributed by atoms with Gasteiger partial charge in [-0.25, -0.2) is 0 Å². The molecule has 2 fully saturated rings. The van der Waals surface area contributed by atoms with Gasteiger partial charge in [0.2, 0.25) is 0 Å². The van der Waals surface area contributed by atoms with Crippen LogP contribution in [-0.2, 0) is 9.53 Å². The Bertz CT molecular complexity index is 243. The maximum atomic E-state index is 10.6. The van der Waals surface area contributed by atoms with E-state index in [0.29, 0.717) is 18.3 Å². The zero-order valence-corrected chi connectivity index (χ0v) is 10.4. The highest BCUT2D eigenvalue weighted by molar-refractivity contribution is 5.67. The summed E-state index contributed by atoms with van der Waals surface area (Å²) in [6, 6.07) is 0. The van der Waals surface area contributed by atoms with Gasteiger partial charge in [-0.15, -0.1) is 0 Å². The third-order valence-corrected chi connectivity index (χ3v) is 3.94. The highest BCUT2D eigenvalue weighted by Crippen LogP contribution is 2.22. The lowest BCUT2D eigenvalue weighted by Crippen LogP contribution is -2.39. The monoisotopic (exact) mass is 241 g/mol. The number of hydrogen-bond donors (Lipinski definition) is 1. The van der Waals surface area contributed by atoms with Crippen molar-refractivity contribution in [3.05, 3.63) is 0 Å². The summed E-state index contributed by atoms with van der Waals surface area (Å²) in [7, 11) is 0. The summed E-state index contributed by atoms with van der Waals surface area (Å²) in [6.45, 7) is 5.11. The van der Waals surface area contributed by atoms with E-state index < -0.39 is 5.97 Å². The standard InChI is InChI=1S/C13H23NO3/c15-13(16)8-11-3-5-14(6-4-11)9-12-2-1-7-17-10-12/h11-12H,1-10H2,(H,15,16). The van der Waals surface area contributed by atoms with Crippen molar-refractivity contribution < 1.29 is 14.6 Å². The van der Waals surface area contributed by atoms with E-state index in [-0.39, 0.29) is 0 Å². The van der Waals surface area contributed by atoms with Gasteiger partial charge >= 0.3 is 5.97 Å². The van der Waals surface area contributed by atoms with Gasteiger partial charge < -0.3 is 14.7 Å². The van der Waals surface area contributed by atoms with E-state index in [4.69, 9.17) is 9.84 Å². The Morgan fingerprint density at radius 2 is 2.00 bits per heavy atom. The topological polar surface area (TPSA) is 49.8 Å². The molecule has 0 aromatic carbocycles. The minimum atomic E-state index is -0.649. The molecule has 2 heterocycles. The largest absolute Gasteiger partial charge is 0.481 e. The van der Waals surface area contributed by atoms with E-state index in [2.05, 4.69) is 4.90 Å². The van der Waals surface area contributed by atoms with Crippen molar-refractivity contribution in [1.29, 1.82) is 0 Å². The molecule has 4 heteroatoms. The molecule has 0 aliphatic carbocycles. The predicted molar refractivity (Wildman–Crippen MR) is 65.0 cm³/mol. The molecule has 1 unspecified atom stereocenters. The summed E-state index contributed by atoms with van der Waals surface area (Å²) in [5.74, 6) is 0.440. The average molecular weight is 241 g/mol. The van der Waals surface area contributed by atoms with Crippen LogP contribution in [0.5, 0.6) is 0 Å². The van der Waals surface area contributed by atoms with E-state index >= 15 is 0 Å². The lowest BCUT2D eigenvalue weighted by molar-refractivity contribution is -0.138. The van der Waals surface area contributed by atoms with Gasteiger partial charge in [0.15, 0.2) is 0 Å². The number of likely N-dealkylation sites (tertiary alicyclic amines) is 1. The molecule has 0 radical (unpaired) electrons. The van der Waals surface area contributed by atoms with Crippen LogP contribution < -0.4 is 0 Å². The lowest BCUT2D eigenvalue weighted by Gasteiger charge is -2.34. The van der Waals surface area contributed by atoms with Crippen molar-refractivity contribution in [1.82, 2.24) is 4.90 Å². The van der Waals surface area contributed by atoms with E-state index in [1.807, 2.05) is 0 Å². The van der Waals surface area contributed by atoms with Crippen LogP contribution in [0.15, 0.2) is 0 Å². The van der Waals surface area contributed by atoms with Gasteiger partial charge in [0.05, 0.1) is 6.61 Å². The van der Waals surface area contributed by atoms with Crippen molar-refractivity contribution in [2.45, 2.75) is 32.1 Å². The van der Waals surface area contributed by atoms with Gasteiger partial charge in [-0.05, 0) is 50.6 Å². The minimum Gasteiger partial charge on any atom is -0.481 e. The Labute approximate surface area is 103 Å². The number of hydrogen-bond acceptors (Lipinski definition) is 3. The first-order chi connectivity index (χ1) is 8.24. The molecule has 2 saturated heterocycles. The first-order valence-corrected chi connectivity index (χ1v) is 6.76. The number of ether oxygens (including phenoxy) is 1. The quantitative estimate of drug-likeness (QED) is 0.812. The maximum Gasteiger partial charge on any atom is 0.303 e. The Morgan fingerprint density at radius 3 is 2.59 bits per heavy atom. The minimum absolute atomic E-state index is 0.348. The summed E-state index contributed by atoms with van der Waals surface area (Å²) in [6.07, 6.45) is 4.91. The molecule has 0 spiro atoms. The van der Waals surface area contributed by atoms with Crippen molar-refractivity contribution in [2.24, 2.45) is 11.8 Å². The van der Waals surface area contributed by atoms with Gasteiger partial charge in [0.1, 0.15) is 0 Å². The zero-order chi connectivity index (χ0) is 12.1. The Hall–Kier alpha value is -0.610.